The van der Waals surface area contributed by atoms with E-state index >= 15 is 0 Å². The van der Waals surface area contributed by atoms with Crippen molar-refractivity contribution in [1.29, 1.82) is 0 Å². The third-order valence-corrected chi connectivity index (χ3v) is 7.16. The molecule has 0 heterocycles. The second-order valence-corrected chi connectivity index (χ2v) is 10.9. The number of aryl methyl sites for hydroxylation is 2. The summed E-state index contributed by atoms with van der Waals surface area (Å²) in [5.74, 6) is 0.540. The van der Waals surface area contributed by atoms with Gasteiger partial charge in [0.25, 0.3) is 8.46 Å². The predicted molar refractivity (Wildman–Crippen MR) is 139 cm³/mol. The van der Waals surface area contributed by atoms with Crippen molar-refractivity contribution >= 4 is 14.1 Å². The Balaban J connectivity index is 1.91. The summed E-state index contributed by atoms with van der Waals surface area (Å²) in [6.07, 6.45) is 10.2. The Morgan fingerprint density at radius 1 is 0.879 bits per heavy atom. The number of hydrogen-bond acceptors (Lipinski definition) is 2. The minimum Gasteiger partial charge on any atom is -0.325 e. The first-order chi connectivity index (χ1) is 15.9. The number of carbonyl (C=O) groups excluding carboxylic acids is 1. The van der Waals surface area contributed by atoms with Gasteiger partial charge in [0, 0.05) is 6.54 Å². The van der Waals surface area contributed by atoms with E-state index in [2.05, 4.69) is 70.2 Å². The Morgan fingerprint density at radius 3 is 2.12 bits per heavy atom. The normalized spacial score (nSPS) is 15.9. The maximum atomic E-state index is 12.5. The van der Waals surface area contributed by atoms with Crippen LogP contribution in [0.4, 0.5) is 4.79 Å². The lowest BCUT2D eigenvalue weighted by Crippen LogP contribution is -2.36. The van der Waals surface area contributed by atoms with Crippen molar-refractivity contribution in [3.63, 3.8) is 0 Å². The van der Waals surface area contributed by atoms with Gasteiger partial charge in [-0.15, -0.1) is 0 Å². The summed E-state index contributed by atoms with van der Waals surface area (Å²) in [6, 6.07) is 15.7. The van der Waals surface area contributed by atoms with Gasteiger partial charge in [-0.3, -0.25) is 9.36 Å². The minimum absolute atomic E-state index is 0.0844. The topological polar surface area (TPSA) is 37.4 Å². The number of benzene rings is 2. The van der Waals surface area contributed by atoms with Crippen LogP contribution in [0.3, 0.4) is 0 Å². The van der Waals surface area contributed by atoms with Gasteiger partial charge in [-0.2, -0.15) is 0 Å². The summed E-state index contributed by atoms with van der Waals surface area (Å²) < 4.78 is 11.5. The maximum absolute atomic E-state index is 12.5. The van der Waals surface area contributed by atoms with E-state index < -0.39 is 8.46 Å². The summed E-state index contributed by atoms with van der Waals surface area (Å²) in [4.78, 5) is 14.3. The van der Waals surface area contributed by atoms with Crippen molar-refractivity contribution in [2.75, 3.05) is 6.54 Å². The molecule has 4 heteroatoms. The van der Waals surface area contributed by atoms with E-state index in [9.17, 15) is 9.36 Å². The molecule has 0 N–H and O–H groups in total. The van der Waals surface area contributed by atoms with Crippen LogP contribution in [-0.2, 0) is 17.4 Å². The van der Waals surface area contributed by atoms with Crippen molar-refractivity contribution in [2.24, 2.45) is 11.8 Å². The summed E-state index contributed by atoms with van der Waals surface area (Å²) in [6.45, 7) is 9.04. The molecule has 0 radical (unpaired) electrons. The van der Waals surface area contributed by atoms with Crippen LogP contribution in [0.5, 0.6) is 0 Å². The van der Waals surface area contributed by atoms with Crippen molar-refractivity contribution in [2.45, 2.75) is 85.1 Å². The van der Waals surface area contributed by atoms with Crippen LogP contribution >= 0.6 is 8.46 Å². The van der Waals surface area contributed by atoms with Crippen molar-refractivity contribution < 1.29 is 9.36 Å². The first-order valence-corrected chi connectivity index (χ1v) is 13.6. The van der Waals surface area contributed by atoms with E-state index in [0.717, 1.165) is 12.0 Å². The van der Waals surface area contributed by atoms with E-state index in [1.54, 1.807) is 4.90 Å². The standard InChI is InChI=1S/C29H40NO2P/c1-21(2)20-30(29(31)33-32)28(22(3)4)25-16-14-24(15-17-25)27-18-13-23-11-9-7-5-6-8-10-12-26(27)19-23/h13-19,21-22,28H,5-12,20H2,1-4H3. The summed E-state index contributed by atoms with van der Waals surface area (Å²) in [7, 11) is -0.436. The third kappa shape index (κ3) is 7.00. The van der Waals surface area contributed by atoms with Gasteiger partial charge < -0.3 is 4.90 Å². The largest absolute Gasteiger partial charge is 0.325 e. The number of carbonyl (C=O) groups is 1. The van der Waals surface area contributed by atoms with Gasteiger partial charge >= 0.3 is 5.65 Å². The molecule has 0 saturated heterocycles. The maximum Gasteiger partial charge on any atom is 0.315 e. The molecule has 0 aliphatic heterocycles. The molecule has 2 bridgehead atoms. The lowest BCUT2D eigenvalue weighted by molar-refractivity contribution is 0.165. The molecular weight excluding hydrogens is 425 g/mol. The van der Waals surface area contributed by atoms with Crippen LogP contribution in [0.25, 0.3) is 11.1 Å². The van der Waals surface area contributed by atoms with Gasteiger partial charge in [0.2, 0.25) is 0 Å². The van der Waals surface area contributed by atoms with Crippen LogP contribution in [0.1, 0.15) is 89.0 Å². The van der Waals surface area contributed by atoms with Crippen LogP contribution in [0.15, 0.2) is 42.5 Å². The van der Waals surface area contributed by atoms with Crippen LogP contribution in [0, 0.1) is 11.8 Å². The molecule has 178 valence electrons. The molecule has 1 unspecified atom stereocenters. The first-order valence-electron chi connectivity index (χ1n) is 12.8. The third-order valence-electron chi connectivity index (χ3n) is 6.75. The molecule has 1 aliphatic rings. The monoisotopic (exact) mass is 465 g/mol. The number of rotatable bonds is 7. The summed E-state index contributed by atoms with van der Waals surface area (Å²) >= 11 is 0. The van der Waals surface area contributed by atoms with Crippen molar-refractivity contribution in [3.05, 3.63) is 59.2 Å². The smallest absolute Gasteiger partial charge is 0.315 e. The molecular formula is C29H40NO2P. The predicted octanol–water partition coefficient (Wildman–Crippen LogP) is 8.86. The highest BCUT2D eigenvalue weighted by atomic mass is 31.1. The van der Waals surface area contributed by atoms with Crippen LogP contribution < -0.4 is 0 Å². The average Bonchev–Trinajstić information content (AvgIpc) is 2.83. The van der Waals surface area contributed by atoms with Crippen LogP contribution in [-0.4, -0.2) is 17.1 Å². The van der Waals surface area contributed by atoms with Gasteiger partial charge in [-0.25, -0.2) is 0 Å². The summed E-state index contributed by atoms with van der Waals surface area (Å²) in [5, 5.41) is 0. The van der Waals surface area contributed by atoms with Gasteiger partial charge in [0.1, 0.15) is 0 Å². The van der Waals surface area contributed by atoms with Gasteiger partial charge in [0.05, 0.1) is 6.04 Å². The zero-order chi connectivity index (χ0) is 23.8. The molecule has 1 aliphatic carbocycles. The quantitative estimate of drug-likeness (QED) is 0.383. The van der Waals surface area contributed by atoms with E-state index in [1.165, 1.54) is 67.2 Å². The number of nitrogens with zero attached hydrogens (tertiary/aromatic N) is 1. The molecule has 2 aromatic carbocycles. The highest BCUT2D eigenvalue weighted by Crippen LogP contribution is 2.34. The number of fused-ring (bicyclic) bond motifs is 2. The molecule has 1 atom stereocenters. The van der Waals surface area contributed by atoms with Gasteiger partial charge in [-0.05, 0) is 65.3 Å². The van der Waals surface area contributed by atoms with E-state index in [1.807, 2.05) is 0 Å². The zero-order valence-electron chi connectivity index (χ0n) is 20.8. The fourth-order valence-electron chi connectivity index (χ4n) is 5.18. The van der Waals surface area contributed by atoms with Gasteiger partial charge in [0.15, 0.2) is 0 Å². The molecule has 0 spiro atoms. The Morgan fingerprint density at radius 2 is 1.52 bits per heavy atom. The molecule has 0 saturated carbocycles. The lowest BCUT2D eigenvalue weighted by Gasteiger charge is -2.34. The Kier molecular flexibility index (Phi) is 9.68. The SMILES string of the molecule is CC(C)CN(C(=O)P=O)C(c1ccc(-c2ccc3cc2CCCCCCCC3)cc1)C(C)C. The highest BCUT2D eigenvalue weighted by Gasteiger charge is 2.28. The molecule has 0 aromatic heterocycles. The molecule has 3 nitrogen and oxygen atoms in total. The van der Waals surface area contributed by atoms with E-state index in [0.29, 0.717) is 12.5 Å². The first kappa shape index (κ1) is 25.6. The minimum atomic E-state index is -0.436. The fraction of sp³-hybridized carbons (Fsp3) is 0.552. The van der Waals surface area contributed by atoms with E-state index in [4.69, 9.17) is 0 Å². The van der Waals surface area contributed by atoms with E-state index in [-0.39, 0.29) is 17.6 Å². The Labute approximate surface area is 202 Å². The molecule has 2 aromatic rings. The molecule has 1 amide bonds. The Bertz CT molecular complexity index is 920. The molecule has 0 fully saturated rings. The molecule has 3 rings (SSSR count). The number of hydrogen-bond donors (Lipinski definition) is 0. The fourth-order valence-corrected chi connectivity index (χ4v) is 5.49. The zero-order valence-corrected chi connectivity index (χ0v) is 21.7. The number of amides is 1. The van der Waals surface area contributed by atoms with Crippen molar-refractivity contribution in [3.8, 4) is 11.1 Å². The Hall–Kier alpha value is -1.99. The van der Waals surface area contributed by atoms with Crippen molar-refractivity contribution in [1.82, 2.24) is 4.90 Å². The van der Waals surface area contributed by atoms with Gasteiger partial charge in [-0.1, -0.05) is 95.8 Å². The van der Waals surface area contributed by atoms with Crippen LogP contribution in [0.2, 0.25) is 0 Å². The molecule has 33 heavy (non-hydrogen) atoms. The highest BCUT2D eigenvalue weighted by molar-refractivity contribution is 7.45. The second-order valence-electron chi connectivity index (χ2n) is 10.3. The second kappa shape index (κ2) is 12.5. The average molecular weight is 466 g/mol. The summed E-state index contributed by atoms with van der Waals surface area (Å²) in [5.41, 5.74) is 6.27. The lowest BCUT2D eigenvalue weighted by atomic mass is 9.90.